The average Bonchev–Trinajstić information content (AvgIpc) is 2.28. The molecule has 0 unspecified atom stereocenters. The minimum absolute atomic E-state index is 0.309. The Kier molecular flexibility index (Phi) is 3.42. The van der Waals surface area contributed by atoms with Crippen LogP contribution in [0, 0.1) is 5.82 Å². The smallest absolute Gasteiger partial charge is 0.126 e. The summed E-state index contributed by atoms with van der Waals surface area (Å²) in [6, 6.07) is 13.5. The summed E-state index contributed by atoms with van der Waals surface area (Å²) in [6.07, 6.45) is 0. The second kappa shape index (κ2) is 4.99. The lowest BCUT2D eigenvalue weighted by atomic mass is 10.2. The molecule has 0 saturated heterocycles. The molecule has 0 aliphatic rings. The van der Waals surface area contributed by atoms with Crippen molar-refractivity contribution in [3.05, 3.63) is 64.9 Å². The van der Waals surface area contributed by atoms with Gasteiger partial charge in [-0.1, -0.05) is 35.9 Å². The van der Waals surface area contributed by atoms with Crippen LogP contribution in [0.25, 0.3) is 0 Å². The molecule has 2 aromatic rings. The van der Waals surface area contributed by atoms with Crippen molar-refractivity contribution >= 4 is 11.6 Å². The maximum Gasteiger partial charge on any atom is 0.126 e. The zero-order valence-electron chi connectivity index (χ0n) is 8.49. The molecule has 2 aromatic carbocycles. The van der Waals surface area contributed by atoms with E-state index in [1.54, 1.807) is 18.2 Å². The number of halogens is 2. The van der Waals surface area contributed by atoms with Crippen LogP contribution >= 0.6 is 11.6 Å². The molecule has 0 bridgehead atoms. The summed E-state index contributed by atoms with van der Waals surface area (Å²) in [4.78, 5) is 0. The summed E-state index contributed by atoms with van der Waals surface area (Å²) in [5, 5.41) is 0.652. The van der Waals surface area contributed by atoms with Gasteiger partial charge in [-0.05, 0) is 18.2 Å². The molecule has 0 N–H and O–H groups in total. The predicted molar refractivity (Wildman–Crippen MR) is 62.2 cm³/mol. The third kappa shape index (κ3) is 2.74. The summed E-state index contributed by atoms with van der Waals surface area (Å²) in [6.45, 7) is 0.336. The molecule has 3 heteroatoms. The highest BCUT2D eigenvalue weighted by atomic mass is 35.5. The Bertz CT molecular complexity index is 485. The molecule has 16 heavy (non-hydrogen) atoms. The van der Waals surface area contributed by atoms with E-state index in [4.69, 9.17) is 16.3 Å². The molecule has 0 aliphatic carbocycles. The Morgan fingerprint density at radius 1 is 1.06 bits per heavy atom. The van der Waals surface area contributed by atoms with Crippen LogP contribution in [0.15, 0.2) is 48.5 Å². The van der Waals surface area contributed by atoms with Gasteiger partial charge in [-0.2, -0.15) is 0 Å². The van der Waals surface area contributed by atoms with Crippen molar-refractivity contribution in [2.75, 3.05) is 0 Å². The zero-order chi connectivity index (χ0) is 11.4. The van der Waals surface area contributed by atoms with Gasteiger partial charge >= 0.3 is 0 Å². The van der Waals surface area contributed by atoms with E-state index in [9.17, 15) is 4.39 Å². The van der Waals surface area contributed by atoms with E-state index in [2.05, 4.69) is 0 Å². The maximum atomic E-state index is 12.9. The first-order chi connectivity index (χ1) is 7.75. The van der Waals surface area contributed by atoms with E-state index in [-0.39, 0.29) is 5.82 Å². The van der Waals surface area contributed by atoms with Crippen LogP contribution in [0.5, 0.6) is 5.75 Å². The number of benzene rings is 2. The average molecular weight is 237 g/mol. The van der Waals surface area contributed by atoms with Crippen LogP contribution in [0.3, 0.4) is 0 Å². The van der Waals surface area contributed by atoms with E-state index in [0.717, 1.165) is 5.56 Å². The fourth-order valence-electron chi connectivity index (χ4n) is 1.33. The zero-order valence-corrected chi connectivity index (χ0v) is 9.25. The van der Waals surface area contributed by atoms with E-state index in [1.807, 2.05) is 18.2 Å². The van der Waals surface area contributed by atoms with Crippen molar-refractivity contribution in [1.82, 2.24) is 0 Å². The molecule has 0 fully saturated rings. The highest BCUT2D eigenvalue weighted by Gasteiger charge is 2.00. The molecule has 0 saturated carbocycles. The number of ether oxygens (including phenoxy) is 1. The van der Waals surface area contributed by atoms with Crippen molar-refractivity contribution in [2.24, 2.45) is 0 Å². The van der Waals surface area contributed by atoms with Gasteiger partial charge in [0.1, 0.15) is 18.2 Å². The lowest BCUT2D eigenvalue weighted by Gasteiger charge is -2.07. The van der Waals surface area contributed by atoms with Gasteiger partial charge in [-0.3, -0.25) is 0 Å². The van der Waals surface area contributed by atoms with Gasteiger partial charge in [-0.15, -0.1) is 0 Å². The first-order valence-electron chi connectivity index (χ1n) is 4.87. The third-order valence-corrected chi connectivity index (χ3v) is 2.52. The molecular weight excluding hydrogens is 227 g/mol. The van der Waals surface area contributed by atoms with Crippen LogP contribution in [-0.2, 0) is 6.61 Å². The van der Waals surface area contributed by atoms with Gasteiger partial charge in [0.2, 0.25) is 0 Å². The molecule has 0 spiro atoms. The minimum atomic E-state index is -0.309. The van der Waals surface area contributed by atoms with Crippen LogP contribution in [-0.4, -0.2) is 0 Å². The Morgan fingerprint density at radius 2 is 1.88 bits per heavy atom. The molecule has 2 rings (SSSR count). The Balaban J connectivity index is 2.05. The number of hydrogen-bond donors (Lipinski definition) is 0. The van der Waals surface area contributed by atoms with Gasteiger partial charge in [0.25, 0.3) is 0 Å². The van der Waals surface area contributed by atoms with Crippen molar-refractivity contribution in [1.29, 1.82) is 0 Å². The monoisotopic (exact) mass is 236 g/mol. The quantitative estimate of drug-likeness (QED) is 0.781. The van der Waals surface area contributed by atoms with E-state index < -0.39 is 0 Å². The standard InChI is InChI=1S/C13H10ClFO/c14-13-7-2-1-4-10(13)9-16-12-6-3-5-11(15)8-12/h1-8H,9H2. The van der Waals surface area contributed by atoms with E-state index in [1.165, 1.54) is 12.1 Å². The first kappa shape index (κ1) is 11.0. The largest absolute Gasteiger partial charge is 0.489 e. The second-order valence-electron chi connectivity index (χ2n) is 3.34. The van der Waals surface area contributed by atoms with Crippen molar-refractivity contribution in [3.8, 4) is 5.75 Å². The van der Waals surface area contributed by atoms with Crippen molar-refractivity contribution in [3.63, 3.8) is 0 Å². The third-order valence-electron chi connectivity index (χ3n) is 2.15. The normalized spacial score (nSPS) is 10.1. The SMILES string of the molecule is Fc1cccc(OCc2ccccc2Cl)c1. The lowest BCUT2D eigenvalue weighted by Crippen LogP contribution is -1.96. The highest BCUT2D eigenvalue weighted by Crippen LogP contribution is 2.18. The maximum absolute atomic E-state index is 12.9. The highest BCUT2D eigenvalue weighted by molar-refractivity contribution is 6.31. The number of rotatable bonds is 3. The van der Waals surface area contributed by atoms with Crippen LogP contribution in [0.1, 0.15) is 5.56 Å². The number of hydrogen-bond acceptors (Lipinski definition) is 1. The summed E-state index contributed by atoms with van der Waals surface area (Å²) in [7, 11) is 0. The molecule has 0 atom stereocenters. The summed E-state index contributed by atoms with van der Waals surface area (Å²) >= 11 is 5.97. The lowest BCUT2D eigenvalue weighted by molar-refractivity contribution is 0.304. The minimum Gasteiger partial charge on any atom is -0.489 e. The molecule has 0 amide bonds. The van der Waals surface area contributed by atoms with Crippen LogP contribution in [0.4, 0.5) is 4.39 Å². The second-order valence-corrected chi connectivity index (χ2v) is 3.74. The van der Waals surface area contributed by atoms with Gasteiger partial charge < -0.3 is 4.74 Å². The molecule has 0 aromatic heterocycles. The van der Waals surface area contributed by atoms with Crippen molar-refractivity contribution < 1.29 is 9.13 Å². The van der Waals surface area contributed by atoms with E-state index >= 15 is 0 Å². The fraction of sp³-hybridized carbons (Fsp3) is 0.0769. The van der Waals surface area contributed by atoms with Gasteiger partial charge in [0.15, 0.2) is 0 Å². The van der Waals surface area contributed by atoms with Crippen molar-refractivity contribution in [2.45, 2.75) is 6.61 Å². The molecule has 1 nitrogen and oxygen atoms in total. The molecule has 82 valence electrons. The first-order valence-corrected chi connectivity index (χ1v) is 5.25. The summed E-state index contributed by atoms with van der Waals surface area (Å²) < 4.78 is 18.3. The Hall–Kier alpha value is -1.54. The topological polar surface area (TPSA) is 9.23 Å². The van der Waals surface area contributed by atoms with Crippen LogP contribution < -0.4 is 4.74 Å². The molecule has 0 heterocycles. The van der Waals surface area contributed by atoms with Gasteiger partial charge in [-0.25, -0.2) is 4.39 Å². The van der Waals surface area contributed by atoms with E-state index in [0.29, 0.717) is 17.4 Å². The van der Waals surface area contributed by atoms with Crippen LogP contribution in [0.2, 0.25) is 5.02 Å². The molecule has 0 radical (unpaired) electrons. The molecular formula is C13H10ClFO. The summed E-state index contributed by atoms with van der Waals surface area (Å²) in [5.74, 6) is 0.191. The Labute approximate surface area is 98.4 Å². The molecule has 0 aliphatic heterocycles. The fourth-order valence-corrected chi connectivity index (χ4v) is 1.52. The van der Waals surface area contributed by atoms with Gasteiger partial charge in [0, 0.05) is 16.7 Å². The van der Waals surface area contributed by atoms with Gasteiger partial charge in [0.05, 0.1) is 0 Å². The predicted octanol–water partition coefficient (Wildman–Crippen LogP) is 4.06. The Morgan fingerprint density at radius 3 is 2.62 bits per heavy atom. The summed E-state index contributed by atoms with van der Waals surface area (Å²) in [5.41, 5.74) is 0.883.